The molecule has 3 heterocycles. The van der Waals surface area contributed by atoms with E-state index in [-0.39, 0.29) is 11.8 Å². The van der Waals surface area contributed by atoms with E-state index in [0.717, 1.165) is 74.2 Å². The number of amides is 2. The Morgan fingerprint density at radius 3 is 2.54 bits per heavy atom. The fourth-order valence-corrected chi connectivity index (χ4v) is 4.20. The van der Waals surface area contributed by atoms with Crippen molar-refractivity contribution in [3.05, 3.63) is 46.5 Å². The Bertz CT molecular complexity index is 910. The lowest BCUT2D eigenvalue weighted by Crippen LogP contribution is -2.36. The number of imidazole rings is 1. The van der Waals surface area contributed by atoms with Gasteiger partial charge in [-0.05, 0) is 69.6 Å². The highest BCUT2D eigenvalue weighted by molar-refractivity contribution is 6.04. The Balaban J connectivity index is 1.65. The molecule has 0 saturated carbocycles. The molecule has 1 N–H and O–H groups in total. The number of benzene rings is 1. The van der Waals surface area contributed by atoms with E-state index in [1.54, 1.807) is 0 Å². The van der Waals surface area contributed by atoms with Crippen LogP contribution < -0.4 is 5.32 Å². The molecular formula is C22H28N4O2. The molecule has 2 aliphatic heterocycles. The van der Waals surface area contributed by atoms with E-state index in [4.69, 9.17) is 0 Å². The van der Waals surface area contributed by atoms with Gasteiger partial charge in [0.05, 0.1) is 5.69 Å². The van der Waals surface area contributed by atoms with Crippen LogP contribution in [0.2, 0.25) is 0 Å². The minimum atomic E-state index is -0.241. The number of piperidine rings is 1. The van der Waals surface area contributed by atoms with Gasteiger partial charge in [0.2, 0.25) is 0 Å². The fraction of sp³-hybridized carbons (Fsp3) is 0.500. The van der Waals surface area contributed by atoms with Gasteiger partial charge in [0, 0.05) is 25.3 Å². The molecule has 0 spiro atoms. The first-order valence-electron chi connectivity index (χ1n) is 10.3. The second kappa shape index (κ2) is 7.78. The molecular weight excluding hydrogens is 352 g/mol. The molecule has 148 valence electrons. The molecule has 2 aliphatic rings. The highest BCUT2D eigenvalue weighted by Gasteiger charge is 2.30. The molecule has 4 rings (SSSR count). The lowest BCUT2D eigenvalue weighted by atomic mass is 10.1. The molecule has 1 saturated heterocycles. The number of hydrogen-bond acceptors (Lipinski definition) is 3. The second-order valence-corrected chi connectivity index (χ2v) is 7.89. The molecule has 0 atom stereocenters. The number of nitrogens with one attached hydrogen (secondary N) is 1. The van der Waals surface area contributed by atoms with Gasteiger partial charge in [0.25, 0.3) is 11.8 Å². The summed E-state index contributed by atoms with van der Waals surface area (Å²) in [5, 5.41) is 3.00. The zero-order valence-corrected chi connectivity index (χ0v) is 16.8. The van der Waals surface area contributed by atoms with E-state index in [9.17, 15) is 9.59 Å². The predicted molar refractivity (Wildman–Crippen MR) is 109 cm³/mol. The first-order chi connectivity index (χ1) is 13.6. The maximum absolute atomic E-state index is 13.1. The Hall–Kier alpha value is -2.63. The monoisotopic (exact) mass is 380 g/mol. The van der Waals surface area contributed by atoms with Crippen molar-refractivity contribution in [3.63, 3.8) is 0 Å². The third-order valence-electron chi connectivity index (χ3n) is 6.02. The molecule has 2 aromatic rings. The molecule has 1 aromatic carbocycles. The van der Waals surface area contributed by atoms with E-state index in [1.165, 1.54) is 6.42 Å². The molecule has 6 nitrogen and oxygen atoms in total. The third-order valence-corrected chi connectivity index (χ3v) is 6.02. The zero-order chi connectivity index (χ0) is 19.7. The van der Waals surface area contributed by atoms with Crippen LogP contribution in [0.3, 0.4) is 0 Å². The number of carbonyl (C=O) groups excluding carboxylic acids is 2. The van der Waals surface area contributed by atoms with E-state index in [2.05, 4.69) is 10.3 Å². The number of anilines is 1. The summed E-state index contributed by atoms with van der Waals surface area (Å²) in [4.78, 5) is 32.6. The maximum Gasteiger partial charge on any atom is 0.291 e. The molecule has 2 amide bonds. The average molecular weight is 380 g/mol. The summed E-state index contributed by atoms with van der Waals surface area (Å²) in [6.07, 6.45) is 6.10. The lowest BCUT2D eigenvalue weighted by Gasteiger charge is -2.26. The minimum Gasteiger partial charge on any atom is -0.337 e. The van der Waals surface area contributed by atoms with Crippen LogP contribution in [0.4, 0.5) is 5.69 Å². The van der Waals surface area contributed by atoms with Crippen LogP contribution in [0.1, 0.15) is 70.0 Å². The summed E-state index contributed by atoms with van der Waals surface area (Å²) < 4.78 is 1.96. The van der Waals surface area contributed by atoms with Crippen molar-refractivity contribution < 1.29 is 9.59 Å². The molecule has 0 unspecified atom stereocenters. The number of hydrogen-bond donors (Lipinski definition) is 1. The number of rotatable bonds is 3. The number of aryl methyl sites for hydroxylation is 1. The second-order valence-electron chi connectivity index (χ2n) is 7.89. The van der Waals surface area contributed by atoms with Crippen LogP contribution in [0.5, 0.6) is 0 Å². The van der Waals surface area contributed by atoms with Gasteiger partial charge in [-0.25, -0.2) is 4.98 Å². The summed E-state index contributed by atoms with van der Waals surface area (Å²) in [6, 6.07) is 5.86. The number of carbonyl (C=O) groups is 2. The van der Waals surface area contributed by atoms with Gasteiger partial charge >= 0.3 is 0 Å². The van der Waals surface area contributed by atoms with Gasteiger partial charge in [-0.15, -0.1) is 0 Å². The standard InChI is InChI=1S/C22H28N4O2/c1-15-9-8-10-17(16(15)2)23-21(27)20-24-19(18-11-4-7-14-26(18)20)22(28)25-12-5-3-6-13-25/h8-10H,3-7,11-14H2,1-2H3,(H,23,27). The highest BCUT2D eigenvalue weighted by Crippen LogP contribution is 2.25. The normalized spacial score (nSPS) is 16.6. The molecule has 0 bridgehead atoms. The van der Waals surface area contributed by atoms with E-state index in [0.29, 0.717) is 11.5 Å². The molecule has 1 fully saturated rings. The molecule has 0 radical (unpaired) electrons. The fourth-order valence-electron chi connectivity index (χ4n) is 4.20. The number of likely N-dealkylation sites (tertiary alicyclic amines) is 1. The van der Waals surface area contributed by atoms with Crippen LogP contribution >= 0.6 is 0 Å². The summed E-state index contributed by atoms with van der Waals surface area (Å²) in [5.41, 5.74) is 4.37. The first kappa shape index (κ1) is 18.7. The maximum atomic E-state index is 13.1. The van der Waals surface area contributed by atoms with Crippen molar-refractivity contribution in [1.82, 2.24) is 14.5 Å². The predicted octanol–water partition coefficient (Wildman–Crippen LogP) is 3.71. The largest absolute Gasteiger partial charge is 0.337 e. The smallest absolute Gasteiger partial charge is 0.291 e. The quantitative estimate of drug-likeness (QED) is 0.883. The number of nitrogens with zero attached hydrogens (tertiary/aromatic N) is 3. The Morgan fingerprint density at radius 2 is 1.75 bits per heavy atom. The van der Waals surface area contributed by atoms with Crippen LogP contribution in [0, 0.1) is 13.8 Å². The van der Waals surface area contributed by atoms with Crippen LogP contribution in [0.25, 0.3) is 0 Å². The van der Waals surface area contributed by atoms with Crippen LogP contribution in [0.15, 0.2) is 18.2 Å². The van der Waals surface area contributed by atoms with Crippen LogP contribution in [-0.2, 0) is 13.0 Å². The third kappa shape index (κ3) is 3.43. The summed E-state index contributed by atoms with van der Waals surface area (Å²) in [5.74, 6) is 0.0987. The number of aromatic nitrogens is 2. The molecule has 1 aromatic heterocycles. The van der Waals surface area contributed by atoms with Crippen molar-refractivity contribution in [2.75, 3.05) is 18.4 Å². The van der Waals surface area contributed by atoms with Gasteiger partial charge in [-0.3, -0.25) is 9.59 Å². The van der Waals surface area contributed by atoms with Crippen molar-refractivity contribution >= 4 is 17.5 Å². The lowest BCUT2D eigenvalue weighted by molar-refractivity contribution is 0.0717. The summed E-state index contributed by atoms with van der Waals surface area (Å²) in [6.45, 7) is 6.34. The Kier molecular flexibility index (Phi) is 5.20. The summed E-state index contributed by atoms with van der Waals surface area (Å²) >= 11 is 0. The molecule has 0 aliphatic carbocycles. The van der Waals surface area contributed by atoms with Gasteiger partial charge < -0.3 is 14.8 Å². The first-order valence-corrected chi connectivity index (χ1v) is 10.3. The molecule has 6 heteroatoms. The van der Waals surface area contributed by atoms with Gasteiger partial charge in [-0.1, -0.05) is 12.1 Å². The summed E-state index contributed by atoms with van der Waals surface area (Å²) in [7, 11) is 0. The molecule has 28 heavy (non-hydrogen) atoms. The highest BCUT2D eigenvalue weighted by atomic mass is 16.2. The van der Waals surface area contributed by atoms with Gasteiger partial charge in [0.15, 0.2) is 5.82 Å². The van der Waals surface area contributed by atoms with Crippen molar-refractivity contribution in [2.45, 2.75) is 58.9 Å². The van der Waals surface area contributed by atoms with Crippen molar-refractivity contribution in [2.24, 2.45) is 0 Å². The minimum absolute atomic E-state index is 0.0175. The van der Waals surface area contributed by atoms with Gasteiger partial charge in [-0.2, -0.15) is 0 Å². The Labute approximate surface area is 165 Å². The van der Waals surface area contributed by atoms with E-state index < -0.39 is 0 Å². The topological polar surface area (TPSA) is 67.2 Å². The Morgan fingerprint density at radius 1 is 1.00 bits per heavy atom. The van der Waals surface area contributed by atoms with Crippen molar-refractivity contribution in [1.29, 1.82) is 0 Å². The van der Waals surface area contributed by atoms with Crippen molar-refractivity contribution in [3.8, 4) is 0 Å². The van der Waals surface area contributed by atoms with Crippen LogP contribution in [-0.4, -0.2) is 39.4 Å². The SMILES string of the molecule is Cc1cccc(NC(=O)c2nc(C(=O)N3CCCCC3)c3n2CCCC3)c1C. The number of fused-ring (bicyclic) bond motifs is 1. The van der Waals surface area contributed by atoms with E-state index in [1.807, 2.05) is 41.5 Å². The van der Waals surface area contributed by atoms with E-state index >= 15 is 0 Å². The average Bonchev–Trinajstić information content (AvgIpc) is 3.11. The van der Waals surface area contributed by atoms with Gasteiger partial charge in [0.1, 0.15) is 5.69 Å². The zero-order valence-electron chi connectivity index (χ0n) is 16.8.